The van der Waals surface area contributed by atoms with Crippen molar-refractivity contribution in [2.75, 3.05) is 0 Å². The maximum absolute atomic E-state index is 2.47. The highest BCUT2D eigenvalue weighted by molar-refractivity contribution is 5.26. The van der Waals surface area contributed by atoms with E-state index in [1.54, 1.807) is 24.0 Å². The normalized spacial score (nSPS) is 34.5. The maximum Gasteiger partial charge on any atom is -0.0162 e. The van der Waals surface area contributed by atoms with E-state index in [-0.39, 0.29) is 0 Å². The molecular formula is C31H50. The molecule has 0 heterocycles. The Kier molecular flexibility index (Phi) is 8.98. The van der Waals surface area contributed by atoms with E-state index in [1.165, 1.54) is 96.3 Å². The summed E-state index contributed by atoms with van der Waals surface area (Å²) in [7, 11) is 0. The van der Waals surface area contributed by atoms with Crippen LogP contribution in [-0.2, 0) is 6.42 Å². The fourth-order valence-corrected chi connectivity index (χ4v) is 7.54. The first-order valence-corrected chi connectivity index (χ1v) is 14.3. The fraction of sp³-hybridized carbons (Fsp3) is 0.806. The highest BCUT2D eigenvalue weighted by Gasteiger charge is 2.30. The molecule has 0 saturated heterocycles. The van der Waals surface area contributed by atoms with Gasteiger partial charge in [-0.2, -0.15) is 0 Å². The van der Waals surface area contributed by atoms with Crippen molar-refractivity contribution < 1.29 is 0 Å². The minimum absolute atomic E-state index is 0.837. The molecule has 0 radical (unpaired) electrons. The summed E-state index contributed by atoms with van der Waals surface area (Å²) < 4.78 is 0. The highest BCUT2D eigenvalue weighted by atomic mass is 14.4. The van der Waals surface area contributed by atoms with Gasteiger partial charge in [-0.1, -0.05) is 83.1 Å². The van der Waals surface area contributed by atoms with Crippen LogP contribution in [0.4, 0.5) is 0 Å². The van der Waals surface area contributed by atoms with E-state index in [1.807, 2.05) is 0 Å². The third kappa shape index (κ3) is 6.61. The largest absolute Gasteiger partial charge is 0.0654 e. The van der Waals surface area contributed by atoms with Gasteiger partial charge in [-0.05, 0) is 111 Å². The predicted octanol–water partition coefficient (Wildman–Crippen LogP) is 9.72. The van der Waals surface area contributed by atoms with Crippen molar-refractivity contribution in [2.45, 2.75) is 129 Å². The molecular weight excluding hydrogens is 372 g/mol. The standard InChI is InChI=1S/C31H50/c1-3-5-25-10-18-29(19-11-25)31-22-14-27(15-23-31)7-6-26-12-20-30(21-13-26)28-16-8-24(4-2)9-17-28/h12-13,20-21,24-25,27-29,31H,3-11,14-19,22-23H2,1-2H3. The van der Waals surface area contributed by atoms with Gasteiger partial charge in [0.1, 0.15) is 0 Å². The van der Waals surface area contributed by atoms with Crippen molar-refractivity contribution in [1.29, 1.82) is 0 Å². The molecule has 1 aromatic carbocycles. The van der Waals surface area contributed by atoms with E-state index < -0.39 is 0 Å². The van der Waals surface area contributed by atoms with Crippen molar-refractivity contribution in [2.24, 2.45) is 29.6 Å². The van der Waals surface area contributed by atoms with Crippen LogP contribution in [0.2, 0.25) is 0 Å². The average Bonchev–Trinajstić information content (AvgIpc) is 2.84. The summed E-state index contributed by atoms with van der Waals surface area (Å²) in [5, 5.41) is 0. The SMILES string of the molecule is CCCC1CCC(C2CCC(CCc3ccc(C4CCC(CC)CC4)cc3)CC2)CC1. The lowest BCUT2D eigenvalue weighted by Gasteiger charge is -2.38. The molecule has 0 amide bonds. The van der Waals surface area contributed by atoms with Crippen LogP contribution >= 0.6 is 0 Å². The number of rotatable bonds is 8. The van der Waals surface area contributed by atoms with Crippen LogP contribution in [0.5, 0.6) is 0 Å². The quantitative estimate of drug-likeness (QED) is 0.391. The Morgan fingerprint density at radius 1 is 0.581 bits per heavy atom. The average molecular weight is 423 g/mol. The Morgan fingerprint density at radius 2 is 1.10 bits per heavy atom. The maximum atomic E-state index is 2.47. The molecule has 0 atom stereocenters. The molecule has 0 heteroatoms. The van der Waals surface area contributed by atoms with Gasteiger partial charge in [0.2, 0.25) is 0 Å². The molecule has 0 aromatic heterocycles. The second-order valence-corrected chi connectivity index (χ2v) is 11.8. The van der Waals surface area contributed by atoms with Gasteiger partial charge in [-0.15, -0.1) is 0 Å². The van der Waals surface area contributed by atoms with E-state index in [2.05, 4.69) is 38.1 Å². The Labute approximate surface area is 194 Å². The van der Waals surface area contributed by atoms with Gasteiger partial charge in [0, 0.05) is 0 Å². The zero-order chi connectivity index (χ0) is 21.5. The van der Waals surface area contributed by atoms with E-state index >= 15 is 0 Å². The van der Waals surface area contributed by atoms with Crippen LogP contribution < -0.4 is 0 Å². The molecule has 0 nitrogen and oxygen atoms in total. The lowest BCUT2D eigenvalue weighted by molar-refractivity contribution is 0.141. The van der Waals surface area contributed by atoms with E-state index in [4.69, 9.17) is 0 Å². The summed E-state index contributed by atoms with van der Waals surface area (Å²) >= 11 is 0. The Balaban J connectivity index is 1.15. The van der Waals surface area contributed by atoms with Gasteiger partial charge >= 0.3 is 0 Å². The fourth-order valence-electron chi connectivity index (χ4n) is 7.54. The summed E-state index contributed by atoms with van der Waals surface area (Å²) in [6.07, 6.45) is 25.0. The van der Waals surface area contributed by atoms with E-state index in [9.17, 15) is 0 Å². The molecule has 174 valence electrons. The molecule has 3 fully saturated rings. The van der Waals surface area contributed by atoms with Crippen molar-refractivity contribution in [3.63, 3.8) is 0 Å². The Morgan fingerprint density at radius 3 is 1.61 bits per heavy atom. The van der Waals surface area contributed by atoms with Gasteiger partial charge in [0.05, 0.1) is 0 Å². The van der Waals surface area contributed by atoms with E-state index in [0.717, 1.165) is 35.5 Å². The molecule has 31 heavy (non-hydrogen) atoms. The molecule has 3 aliphatic carbocycles. The molecule has 0 spiro atoms. The molecule has 3 saturated carbocycles. The summed E-state index contributed by atoms with van der Waals surface area (Å²) in [6, 6.07) is 9.86. The van der Waals surface area contributed by atoms with Crippen LogP contribution in [0.1, 0.15) is 134 Å². The van der Waals surface area contributed by atoms with Crippen LogP contribution in [0.15, 0.2) is 24.3 Å². The third-order valence-corrected chi connectivity index (χ3v) is 9.86. The highest BCUT2D eigenvalue weighted by Crippen LogP contribution is 2.43. The molecule has 3 aliphatic rings. The summed E-state index contributed by atoms with van der Waals surface area (Å²) in [4.78, 5) is 0. The first-order valence-electron chi connectivity index (χ1n) is 14.3. The molecule has 0 N–H and O–H groups in total. The summed E-state index contributed by atoms with van der Waals surface area (Å²) in [5.74, 6) is 6.05. The van der Waals surface area contributed by atoms with Crippen LogP contribution in [-0.4, -0.2) is 0 Å². The third-order valence-electron chi connectivity index (χ3n) is 9.86. The van der Waals surface area contributed by atoms with Gasteiger partial charge < -0.3 is 0 Å². The summed E-state index contributed by atoms with van der Waals surface area (Å²) in [6.45, 7) is 4.73. The zero-order valence-corrected chi connectivity index (χ0v) is 20.8. The van der Waals surface area contributed by atoms with Gasteiger partial charge in [0.15, 0.2) is 0 Å². The van der Waals surface area contributed by atoms with Gasteiger partial charge in [-0.25, -0.2) is 0 Å². The molecule has 1 aromatic rings. The lowest BCUT2D eigenvalue weighted by Crippen LogP contribution is -2.26. The number of aryl methyl sites for hydroxylation is 1. The second kappa shape index (κ2) is 11.9. The second-order valence-electron chi connectivity index (χ2n) is 11.8. The van der Waals surface area contributed by atoms with Crippen molar-refractivity contribution in [1.82, 2.24) is 0 Å². The van der Waals surface area contributed by atoms with Gasteiger partial charge in [-0.3, -0.25) is 0 Å². The predicted molar refractivity (Wildman–Crippen MR) is 136 cm³/mol. The van der Waals surface area contributed by atoms with Crippen molar-refractivity contribution >= 4 is 0 Å². The Bertz CT molecular complexity index is 604. The minimum Gasteiger partial charge on any atom is -0.0654 e. The molecule has 0 bridgehead atoms. The minimum atomic E-state index is 0.837. The van der Waals surface area contributed by atoms with Crippen molar-refractivity contribution in [3.05, 3.63) is 35.4 Å². The smallest absolute Gasteiger partial charge is 0.0162 e. The Hall–Kier alpha value is -0.780. The molecule has 0 aliphatic heterocycles. The van der Waals surface area contributed by atoms with Gasteiger partial charge in [0.25, 0.3) is 0 Å². The first kappa shape index (κ1) is 23.4. The van der Waals surface area contributed by atoms with Crippen LogP contribution in [0.3, 0.4) is 0 Å². The number of hydrogen-bond donors (Lipinski definition) is 0. The topological polar surface area (TPSA) is 0 Å². The van der Waals surface area contributed by atoms with Crippen LogP contribution in [0, 0.1) is 29.6 Å². The zero-order valence-electron chi connectivity index (χ0n) is 20.8. The van der Waals surface area contributed by atoms with Crippen LogP contribution in [0.25, 0.3) is 0 Å². The monoisotopic (exact) mass is 422 g/mol. The molecule has 4 rings (SSSR count). The van der Waals surface area contributed by atoms with E-state index in [0.29, 0.717) is 0 Å². The first-order chi connectivity index (χ1) is 15.2. The van der Waals surface area contributed by atoms with Crippen molar-refractivity contribution in [3.8, 4) is 0 Å². The number of benzene rings is 1. The molecule has 0 unspecified atom stereocenters. The number of hydrogen-bond acceptors (Lipinski definition) is 0. The lowest BCUT2D eigenvalue weighted by atomic mass is 9.68. The summed E-state index contributed by atoms with van der Waals surface area (Å²) in [5.41, 5.74) is 3.20.